The van der Waals surface area contributed by atoms with Gasteiger partial charge in [-0.3, -0.25) is 9.78 Å². The van der Waals surface area contributed by atoms with Crippen molar-refractivity contribution in [3.63, 3.8) is 0 Å². The molecule has 10 heteroatoms. The quantitative estimate of drug-likeness (QED) is 0.751. The van der Waals surface area contributed by atoms with E-state index in [0.29, 0.717) is 5.69 Å². The largest absolute Gasteiger partial charge is 0.490 e. The van der Waals surface area contributed by atoms with Crippen molar-refractivity contribution in [2.45, 2.75) is 44.4 Å². The van der Waals surface area contributed by atoms with Crippen LogP contribution in [0.15, 0.2) is 24.4 Å². The Bertz CT molecular complexity index is 747. The van der Waals surface area contributed by atoms with Crippen LogP contribution in [0.5, 0.6) is 0 Å². The molecule has 1 aliphatic carbocycles. The van der Waals surface area contributed by atoms with Gasteiger partial charge in [-0.25, -0.2) is 4.79 Å². The maximum atomic E-state index is 12.5. The molecule has 1 aromatic heterocycles. The number of pyridine rings is 1. The molecule has 3 heterocycles. The Kier molecular flexibility index (Phi) is 7.53. The number of rotatable bonds is 5. The molecule has 1 saturated carbocycles. The number of aromatic nitrogens is 1. The molecule has 1 spiro atoms. The molecule has 2 saturated heterocycles. The summed E-state index contributed by atoms with van der Waals surface area (Å²) in [5, 5.41) is 7.12. The molecule has 31 heavy (non-hydrogen) atoms. The zero-order valence-corrected chi connectivity index (χ0v) is 17.1. The van der Waals surface area contributed by atoms with E-state index in [2.05, 4.69) is 4.98 Å². The number of nitrogens with zero attached hydrogens (tertiary/aromatic N) is 2. The monoisotopic (exact) mass is 444 g/mol. The van der Waals surface area contributed by atoms with Gasteiger partial charge in [-0.1, -0.05) is 6.07 Å². The molecule has 4 rings (SSSR count). The fraction of sp³-hybridized carbons (Fsp3) is 0.667. The van der Waals surface area contributed by atoms with Crippen LogP contribution in [0.25, 0.3) is 0 Å². The normalized spacial score (nSPS) is 22.7. The lowest BCUT2D eigenvalue weighted by molar-refractivity contribution is -0.192. The second kappa shape index (κ2) is 9.95. The number of hydrogen-bond donors (Lipinski definition) is 1. The number of carbonyl (C=O) groups is 2. The topological polar surface area (TPSA) is 89.0 Å². The van der Waals surface area contributed by atoms with E-state index in [9.17, 15) is 18.0 Å². The van der Waals surface area contributed by atoms with E-state index < -0.39 is 12.1 Å². The molecule has 1 aromatic rings. The molecule has 3 fully saturated rings. The Morgan fingerprint density at radius 3 is 2.45 bits per heavy atom. The third kappa shape index (κ3) is 6.90. The SMILES string of the molecule is O=C(O)C(F)(F)F.O=C(c1ccccn1)N1CCC2(CC1)COC(COCC1CC1)C2. The Balaban J connectivity index is 0.000000339. The number of carboxylic acids is 1. The van der Waals surface area contributed by atoms with E-state index in [1.165, 1.54) is 12.8 Å². The van der Waals surface area contributed by atoms with Gasteiger partial charge in [0.15, 0.2) is 0 Å². The molecule has 7 nitrogen and oxygen atoms in total. The minimum atomic E-state index is -5.08. The van der Waals surface area contributed by atoms with E-state index >= 15 is 0 Å². The van der Waals surface area contributed by atoms with Crippen molar-refractivity contribution >= 4 is 11.9 Å². The Hall–Kier alpha value is -2.20. The van der Waals surface area contributed by atoms with Crippen LogP contribution < -0.4 is 0 Å². The first-order chi connectivity index (χ1) is 14.7. The number of piperidine rings is 1. The third-order valence-electron chi connectivity index (χ3n) is 5.88. The predicted octanol–water partition coefficient (Wildman–Crippen LogP) is 3.15. The summed E-state index contributed by atoms with van der Waals surface area (Å²) >= 11 is 0. The number of halogens is 3. The Morgan fingerprint density at radius 2 is 1.90 bits per heavy atom. The molecule has 1 amide bonds. The van der Waals surface area contributed by atoms with Crippen molar-refractivity contribution < 1.29 is 37.3 Å². The summed E-state index contributed by atoms with van der Waals surface area (Å²) in [6, 6.07) is 5.49. The minimum absolute atomic E-state index is 0.0497. The molecule has 0 aromatic carbocycles. The van der Waals surface area contributed by atoms with Crippen LogP contribution in [0.4, 0.5) is 13.2 Å². The van der Waals surface area contributed by atoms with Crippen LogP contribution in [-0.4, -0.2) is 72.1 Å². The first-order valence-electron chi connectivity index (χ1n) is 10.4. The molecule has 1 N–H and O–H groups in total. The van der Waals surface area contributed by atoms with Gasteiger partial charge in [0.25, 0.3) is 5.91 Å². The van der Waals surface area contributed by atoms with E-state index in [0.717, 1.165) is 58.1 Å². The van der Waals surface area contributed by atoms with Gasteiger partial charge < -0.3 is 19.5 Å². The molecule has 172 valence electrons. The second-order valence-corrected chi connectivity index (χ2v) is 8.43. The minimum Gasteiger partial charge on any atom is -0.475 e. The van der Waals surface area contributed by atoms with E-state index in [1.807, 2.05) is 17.0 Å². The van der Waals surface area contributed by atoms with Gasteiger partial charge in [0.1, 0.15) is 5.69 Å². The van der Waals surface area contributed by atoms with Crippen molar-refractivity contribution in [1.82, 2.24) is 9.88 Å². The highest BCUT2D eigenvalue weighted by atomic mass is 19.4. The maximum absolute atomic E-state index is 12.5. The second-order valence-electron chi connectivity index (χ2n) is 8.43. The lowest BCUT2D eigenvalue weighted by Crippen LogP contribution is -2.43. The van der Waals surface area contributed by atoms with Gasteiger partial charge in [0.2, 0.25) is 0 Å². The van der Waals surface area contributed by atoms with Crippen LogP contribution in [0.3, 0.4) is 0 Å². The highest BCUT2D eigenvalue weighted by molar-refractivity contribution is 5.92. The first-order valence-corrected chi connectivity index (χ1v) is 10.4. The number of aliphatic carboxylic acids is 1. The summed E-state index contributed by atoms with van der Waals surface area (Å²) in [4.78, 5) is 27.5. The lowest BCUT2D eigenvalue weighted by atomic mass is 9.76. The first kappa shape index (κ1) is 23.5. The molecule has 2 aliphatic heterocycles. The van der Waals surface area contributed by atoms with Gasteiger partial charge in [-0.15, -0.1) is 0 Å². The average Bonchev–Trinajstić information content (AvgIpc) is 3.49. The number of ether oxygens (including phenoxy) is 2. The van der Waals surface area contributed by atoms with Crippen LogP contribution in [0.1, 0.15) is 42.6 Å². The van der Waals surface area contributed by atoms with Gasteiger partial charge in [-0.05, 0) is 55.6 Å². The smallest absolute Gasteiger partial charge is 0.475 e. The van der Waals surface area contributed by atoms with Crippen molar-refractivity contribution in [2.75, 3.05) is 32.9 Å². The van der Waals surface area contributed by atoms with E-state index in [4.69, 9.17) is 19.4 Å². The van der Waals surface area contributed by atoms with Crippen molar-refractivity contribution in [2.24, 2.45) is 11.3 Å². The van der Waals surface area contributed by atoms with Gasteiger partial charge in [0.05, 0.1) is 19.3 Å². The number of likely N-dealkylation sites (tertiary alicyclic amines) is 1. The van der Waals surface area contributed by atoms with Gasteiger partial charge >= 0.3 is 12.1 Å². The summed E-state index contributed by atoms with van der Waals surface area (Å²) in [5.41, 5.74) is 0.789. The third-order valence-corrected chi connectivity index (χ3v) is 5.88. The van der Waals surface area contributed by atoms with Crippen LogP contribution >= 0.6 is 0 Å². The molecule has 1 atom stereocenters. The molecule has 0 radical (unpaired) electrons. The summed E-state index contributed by atoms with van der Waals surface area (Å²) in [6.45, 7) is 4.05. The Labute approximate surface area is 178 Å². The highest BCUT2D eigenvalue weighted by Gasteiger charge is 2.43. The van der Waals surface area contributed by atoms with Crippen molar-refractivity contribution in [1.29, 1.82) is 0 Å². The predicted molar refractivity (Wildman–Crippen MR) is 103 cm³/mol. The summed E-state index contributed by atoms with van der Waals surface area (Å²) in [6.07, 6.45) is 2.60. The average molecular weight is 444 g/mol. The summed E-state index contributed by atoms with van der Waals surface area (Å²) in [5.74, 6) is -1.90. The van der Waals surface area contributed by atoms with Gasteiger partial charge in [0, 0.05) is 25.9 Å². The summed E-state index contributed by atoms with van der Waals surface area (Å²) < 4.78 is 43.5. The lowest BCUT2D eigenvalue weighted by Gasteiger charge is -2.38. The molecular formula is C21H27F3N2O5. The number of amides is 1. The Morgan fingerprint density at radius 1 is 1.23 bits per heavy atom. The molecule has 1 unspecified atom stereocenters. The zero-order chi connectivity index (χ0) is 22.5. The maximum Gasteiger partial charge on any atom is 0.490 e. The van der Waals surface area contributed by atoms with Crippen LogP contribution in [0.2, 0.25) is 0 Å². The fourth-order valence-electron chi connectivity index (χ4n) is 3.84. The number of carboxylic acid groups (broad SMARTS) is 1. The molecule has 0 bridgehead atoms. The van der Waals surface area contributed by atoms with Crippen molar-refractivity contribution in [3.8, 4) is 0 Å². The highest BCUT2D eigenvalue weighted by Crippen LogP contribution is 2.42. The van der Waals surface area contributed by atoms with Crippen LogP contribution in [-0.2, 0) is 14.3 Å². The number of alkyl halides is 3. The zero-order valence-electron chi connectivity index (χ0n) is 17.1. The van der Waals surface area contributed by atoms with Gasteiger partial charge in [-0.2, -0.15) is 13.2 Å². The van der Waals surface area contributed by atoms with Crippen LogP contribution in [0, 0.1) is 11.3 Å². The van der Waals surface area contributed by atoms with E-state index in [1.54, 1.807) is 12.3 Å². The standard InChI is InChI=1S/C19H26N2O3.C2HF3O2/c22-18(17-3-1-2-8-20-17)21-9-6-19(7-10-21)11-16(24-14-19)13-23-12-15-4-5-15;3-2(4,5)1(6)7/h1-3,8,15-16H,4-7,9-14H2;(H,6,7). The number of carbonyl (C=O) groups excluding carboxylic acids is 1. The summed E-state index contributed by atoms with van der Waals surface area (Å²) in [7, 11) is 0. The number of hydrogen-bond acceptors (Lipinski definition) is 5. The molecular weight excluding hydrogens is 417 g/mol. The van der Waals surface area contributed by atoms with E-state index in [-0.39, 0.29) is 17.4 Å². The molecule has 3 aliphatic rings. The fourth-order valence-corrected chi connectivity index (χ4v) is 3.84. The van der Waals surface area contributed by atoms with Crippen molar-refractivity contribution in [3.05, 3.63) is 30.1 Å².